The summed E-state index contributed by atoms with van der Waals surface area (Å²) < 4.78 is 4.26. The van der Waals surface area contributed by atoms with Crippen LogP contribution in [0.15, 0.2) is 35.9 Å². The number of hydrogen-bond acceptors (Lipinski definition) is 4. The molecule has 86 valence electrons. The number of nitrogens with one attached hydrogen (secondary N) is 1. The second-order valence-corrected chi connectivity index (χ2v) is 3.03. The van der Waals surface area contributed by atoms with Crippen molar-refractivity contribution in [2.45, 2.75) is 0 Å². The topological polar surface area (TPSA) is 79.2 Å². The number of methoxy groups -OCH3 is 1. The van der Waals surface area contributed by atoms with Gasteiger partial charge in [0.05, 0.1) is 7.11 Å². The zero-order chi connectivity index (χ0) is 12.7. The number of nitriles is 1. The van der Waals surface area contributed by atoms with E-state index in [-0.39, 0.29) is 5.57 Å². The van der Waals surface area contributed by atoms with Gasteiger partial charge >= 0.3 is 6.09 Å². The van der Waals surface area contributed by atoms with Crippen LogP contribution in [0.3, 0.4) is 0 Å². The van der Waals surface area contributed by atoms with E-state index in [4.69, 9.17) is 5.26 Å². The number of ether oxygens (including phenoxy) is 1. The fourth-order valence-electron chi connectivity index (χ4n) is 1.08. The lowest BCUT2D eigenvalue weighted by Crippen LogP contribution is -2.31. The van der Waals surface area contributed by atoms with Crippen molar-refractivity contribution in [3.63, 3.8) is 0 Å². The van der Waals surface area contributed by atoms with Crippen LogP contribution in [-0.4, -0.2) is 19.1 Å². The Morgan fingerprint density at radius 3 is 2.53 bits per heavy atom. The molecule has 1 aromatic carbocycles. The van der Waals surface area contributed by atoms with Crippen LogP contribution >= 0.6 is 0 Å². The molecule has 1 N–H and O–H groups in total. The summed E-state index contributed by atoms with van der Waals surface area (Å²) in [6.45, 7) is 0. The van der Waals surface area contributed by atoms with Gasteiger partial charge in [-0.25, -0.2) is 4.79 Å². The number of benzene rings is 1. The maximum absolute atomic E-state index is 11.4. The van der Waals surface area contributed by atoms with E-state index in [9.17, 15) is 9.59 Å². The van der Waals surface area contributed by atoms with Crippen LogP contribution in [-0.2, 0) is 9.53 Å². The van der Waals surface area contributed by atoms with Crippen LogP contribution in [0.1, 0.15) is 5.56 Å². The third-order valence-corrected chi connectivity index (χ3v) is 1.88. The molecule has 1 aromatic rings. The van der Waals surface area contributed by atoms with Gasteiger partial charge in [0, 0.05) is 0 Å². The van der Waals surface area contributed by atoms with Crippen LogP contribution in [0, 0.1) is 11.3 Å². The Morgan fingerprint density at radius 2 is 2.00 bits per heavy atom. The highest BCUT2D eigenvalue weighted by Gasteiger charge is 2.12. The normalized spacial score (nSPS) is 10.2. The number of rotatable bonds is 2. The van der Waals surface area contributed by atoms with Gasteiger partial charge in [-0.2, -0.15) is 5.26 Å². The third kappa shape index (κ3) is 3.80. The van der Waals surface area contributed by atoms with E-state index >= 15 is 0 Å². The van der Waals surface area contributed by atoms with E-state index in [1.165, 1.54) is 6.08 Å². The zero-order valence-electron chi connectivity index (χ0n) is 9.14. The van der Waals surface area contributed by atoms with Gasteiger partial charge in [-0.1, -0.05) is 30.3 Å². The summed E-state index contributed by atoms with van der Waals surface area (Å²) in [5.74, 6) is -0.789. The van der Waals surface area contributed by atoms with E-state index in [2.05, 4.69) is 4.74 Å². The van der Waals surface area contributed by atoms with Crippen LogP contribution in [0.5, 0.6) is 0 Å². The van der Waals surface area contributed by atoms with E-state index in [1.54, 1.807) is 30.3 Å². The molecular weight excluding hydrogens is 220 g/mol. The molecule has 5 heteroatoms. The summed E-state index contributed by atoms with van der Waals surface area (Å²) in [4.78, 5) is 22.2. The monoisotopic (exact) mass is 230 g/mol. The van der Waals surface area contributed by atoms with Gasteiger partial charge in [0.1, 0.15) is 11.6 Å². The molecule has 0 aliphatic carbocycles. The molecule has 1 rings (SSSR count). The van der Waals surface area contributed by atoms with Crippen molar-refractivity contribution in [3.05, 3.63) is 41.5 Å². The summed E-state index contributed by atoms with van der Waals surface area (Å²) >= 11 is 0. The Labute approximate surface area is 98.3 Å². The largest absolute Gasteiger partial charge is 0.453 e. The standard InChI is InChI=1S/C12H10N2O3/c1-17-12(16)14-11(15)10(8-13)7-9-5-3-2-4-6-9/h2-7H,1H3,(H,14,15,16)/b10-7-. The lowest BCUT2D eigenvalue weighted by atomic mass is 10.1. The summed E-state index contributed by atoms with van der Waals surface area (Å²) in [5, 5.41) is 10.7. The third-order valence-electron chi connectivity index (χ3n) is 1.88. The van der Waals surface area contributed by atoms with Crippen LogP contribution in [0.4, 0.5) is 4.79 Å². The summed E-state index contributed by atoms with van der Waals surface area (Å²) in [6.07, 6.45) is 0.488. The molecule has 0 saturated heterocycles. The second kappa shape index (κ2) is 6.08. The molecule has 5 nitrogen and oxygen atoms in total. The molecule has 0 aliphatic heterocycles. The molecule has 0 saturated carbocycles. The predicted octanol–water partition coefficient (Wildman–Crippen LogP) is 1.48. The lowest BCUT2D eigenvalue weighted by molar-refractivity contribution is -0.116. The Morgan fingerprint density at radius 1 is 1.35 bits per heavy atom. The fourth-order valence-corrected chi connectivity index (χ4v) is 1.08. The number of nitrogens with zero attached hydrogens (tertiary/aromatic N) is 1. The Bertz CT molecular complexity index is 486. The van der Waals surface area contributed by atoms with Gasteiger partial charge in [0.2, 0.25) is 0 Å². The average Bonchev–Trinajstić information content (AvgIpc) is 2.36. The molecule has 0 aromatic heterocycles. The molecule has 17 heavy (non-hydrogen) atoms. The van der Waals surface area contributed by atoms with Crippen molar-refractivity contribution in [1.29, 1.82) is 5.26 Å². The van der Waals surface area contributed by atoms with Crippen LogP contribution in [0.2, 0.25) is 0 Å². The number of carbonyl (C=O) groups excluding carboxylic acids is 2. The number of alkyl carbamates (subject to hydrolysis) is 1. The van der Waals surface area contributed by atoms with Gasteiger partial charge < -0.3 is 4.74 Å². The number of imide groups is 1. The van der Waals surface area contributed by atoms with Crippen molar-refractivity contribution in [2.24, 2.45) is 0 Å². The van der Waals surface area contributed by atoms with Crippen molar-refractivity contribution >= 4 is 18.1 Å². The van der Waals surface area contributed by atoms with Gasteiger partial charge in [0.15, 0.2) is 0 Å². The molecule has 0 unspecified atom stereocenters. The minimum Gasteiger partial charge on any atom is -0.453 e. The van der Waals surface area contributed by atoms with Crippen LogP contribution < -0.4 is 5.32 Å². The molecule has 0 aliphatic rings. The van der Waals surface area contributed by atoms with Gasteiger partial charge in [-0.3, -0.25) is 10.1 Å². The Hall–Kier alpha value is -2.61. The summed E-state index contributed by atoms with van der Waals surface area (Å²) in [7, 11) is 1.13. The smallest absolute Gasteiger partial charge is 0.413 e. The summed E-state index contributed by atoms with van der Waals surface area (Å²) in [6, 6.07) is 10.6. The van der Waals surface area contributed by atoms with Crippen molar-refractivity contribution in [3.8, 4) is 6.07 Å². The first-order valence-electron chi connectivity index (χ1n) is 4.73. The van der Waals surface area contributed by atoms with Gasteiger partial charge in [-0.05, 0) is 11.6 Å². The van der Waals surface area contributed by atoms with E-state index in [0.29, 0.717) is 5.56 Å². The van der Waals surface area contributed by atoms with Crippen molar-refractivity contribution < 1.29 is 14.3 Å². The maximum atomic E-state index is 11.4. The van der Waals surface area contributed by atoms with Gasteiger partial charge in [-0.15, -0.1) is 0 Å². The van der Waals surface area contributed by atoms with Crippen LogP contribution in [0.25, 0.3) is 6.08 Å². The highest BCUT2D eigenvalue weighted by molar-refractivity contribution is 6.07. The molecule has 0 radical (unpaired) electrons. The number of amides is 2. The maximum Gasteiger partial charge on any atom is 0.413 e. The number of hydrogen-bond donors (Lipinski definition) is 1. The first kappa shape index (κ1) is 12.5. The van der Waals surface area contributed by atoms with E-state index in [0.717, 1.165) is 7.11 Å². The first-order chi connectivity index (χ1) is 8.17. The van der Waals surface area contributed by atoms with E-state index < -0.39 is 12.0 Å². The zero-order valence-corrected chi connectivity index (χ0v) is 9.14. The average molecular weight is 230 g/mol. The molecule has 0 fully saturated rings. The van der Waals surface area contributed by atoms with Crippen molar-refractivity contribution in [1.82, 2.24) is 5.32 Å². The Kier molecular flexibility index (Phi) is 4.45. The second-order valence-electron chi connectivity index (χ2n) is 3.03. The summed E-state index contributed by atoms with van der Waals surface area (Å²) in [5.41, 5.74) is 0.533. The minimum atomic E-state index is -0.899. The molecule has 0 heterocycles. The molecule has 0 atom stereocenters. The highest BCUT2D eigenvalue weighted by Crippen LogP contribution is 2.06. The first-order valence-corrected chi connectivity index (χ1v) is 4.73. The minimum absolute atomic E-state index is 0.165. The molecular formula is C12H10N2O3. The predicted molar refractivity (Wildman–Crippen MR) is 60.6 cm³/mol. The molecule has 0 spiro atoms. The fraction of sp³-hybridized carbons (Fsp3) is 0.0833. The van der Waals surface area contributed by atoms with Gasteiger partial charge in [0.25, 0.3) is 5.91 Å². The highest BCUT2D eigenvalue weighted by atomic mass is 16.5. The van der Waals surface area contributed by atoms with Crippen molar-refractivity contribution in [2.75, 3.05) is 7.11 Å². The molecule has 2 amide bonds. The lowest BCUT2D eigenvalue weighted by Gasteiger charge is -2.00. The quantitative estimate of drug-likeness (QED) is 0.616. The van der Waals surface area contributed by atoms with E-state index in [1.807, 2.05) is 11.4 Å². The molecule has 0 bridgehead atoms. The SMILES string of the molecule is COC(=O)NC(=O)/C(C#N)=C\c1ccccc1. The Balaban J connectivity index is 2.86. The number of carbonyl (C=O) groups is 2.